The largest absolute Gasteiger partial charge is 0.300 e. The number of aromatic amines is 1. The van der Waals surface area contributed by atoms with Crippen LogP contribution in [0.2, 0.25) is 0 Å². The molecule has 0 spiro atoms. The van der Waals surface area contributed by atoms with E-state index in [9.17, 15) is 4.79 Å². The highest BCUT2D eigenvalue weighted by Crippen LogP contribution is 2.27. The molecule has 0 aliphatic carbocycles. The molecule has 6 nitrogen and oxygen atoms in total. The van der Waals surface area contributed by atoms with Gasteiger partial charge in [0.1, 0.15) is 12.4 Å². The Bertz CT molecular complexity index is 924. The van der Waals surface area contributed by atoms with Crippen LogP contribution in [0.25, 0.3) is 10.2 Å². The Balaban J connectivity index is 1.75. The number of nitrogens with one attached hydrogen (secondary N) is 2. The van der Waals surface area contributed by atoms with Crippen LogP contribution in [0.1, 0.15) is 31.7 Å². The molecule has 24 heavy (non-hydrogen) atoms. The van der Waals surface area contributed by atoms with Gasteiger partial charge in [0, 0.05) is 6.42 Å². The standard InChI is InChI=1S/C16H19N5OS2/c1-3-5-13-19-20-16(23)21(13)9-14(22)18-15-17-11-7-6-10(4-2)8-12(11)24-15/h6-8H,3-5,9H2,1-2H3,(H,20,23)(H,17,18,22). The number of nitrogens with zero attached hydrogens (tertiary/aromatic N) is 3. The van der Waals surface area contributed by atoms with Crippen molar-refractivity contribution in [1.82, 2.24) is 19.7 Å². The van der Waals surface area contributed by atoms with Gasteiger partial charge in [0.15, 0.2) is 9.90 Å². The Kier molecular flexibility index (Phi) is 5.06. The fraction of sp³-hybridized carbons (Fsp3) is 0.375. The number of anilines is 1. The molecule has 2 aromatic heterocycles. The Labute approximate surface area is 148 Å². The molecule has 0 radical (unpaired) electrons. The number of aromatic nitrogens is 4. The monoisotopic (exact) mass is 361 g/mol. The van der Waals surface area contributed by atoms with Crippen molar-refractivity contribution in [1.29, 1.82) is 0 Å². The van der Waals surface area contributed by atoms with Crippen LogP contribution in [0.4, 0.5) is 5.13 Å². The number of rotatable bonds is 6. The van der Waals surface area contributed by atoms with E-state index >= 15 is 0 Å². The Hall–Kier alpha value is -2.06. The minimum atomic E-state index is -0.153. The second kappa shape index (κ2) is 7.23. The van der Waals surface area contributed by atoms with E-state index in [0.717, 1.165) is 35.3 Å². The number of benzene rings is 1. The van der Waals surface area contributed by atoms with Crippen LogP contribution in [0.5, 0.6) is 0 Å². The second-order valence-electron chi connectivity index (χ2n) is 5.50. The molecule has 0 aliphatic heterocycles. The molecule has 3 aromatic rings. The highest BCUT2D eigenvalue weighted by Gasteiger charge is 2.12. The van der Waals surface area contributed by atoms with E-state index in [1.54, 1.807) is 4.57 Å². The Morgan fingerprint density at radius 2 is 2.25 bits per heavy atom. The maximum absolute atomic E-state index is 12.3. The molecule has 1 amide bonds. The number of aryl methyl sites for hydroxylation is 2. The third-order valence-corrected chi connectivity index (χ3v) is 4.97. The van der Waals surface area contributed by atoms with Crippen LogP contribution in [-0.4, -0.2) is 25.7 Å². The van der Waals surface area contributed by atoms with Crippen molar-refractivity contribution in [2.24, 2.45) is 0 Å². The van der Waals surface area contributed by atoms with E-state index < -0.39 is 0 Å². The zero-order valence-corrected chi connectivity index (χ0v) is 15.3. The van der Waals surface area contributed by atoms with Crippen LogP contribution >= 0.6 is 23.6 Å². The summed E-state index contributed by atoms with van der Waals surface area (Å²) < 4.78 is 3.28. The molecule has 0 bridgehead atoms. The lowest BCUT2D eigenvalue weighted by atomic mass is 10.2. The first-order valence-electron chi connectivity index (χ1n) is 7.94. The molecule has 0 atom stereocenters. The summed E-state index contributed by atoms with van der Waals surface area (Å²) in [6.45, 7) is 4.32. The summed E-state index contributed by atoms with van der Waals surface area (Å²) in [6.07, 6.45) is 2.70. The van der Waals surface area contributed by atoms with E-state index in [0.29, 0.717) is 9.90 Å². The summed E-state index contributed by atoms with van der Waals surface area (Å²) in [7, 11) is 0. The molecule has 3 rings (SSSR count). The smallest absolute Gasteiger partial charge is 0.246 e. The summed E-state index contributed by atoms with van der Waals surface area (Å²) >= 11 is 6.69. The summed E-state index contributed by atoms with van der Waals surface area (Å²) in [5, 5.41) is 10.4. The molecular formula is C16H19N5OS2. The molecule has 0 aliphatic rings. The van der Waals surface area contributed by atoms with Crippen LogP contribution in [0.15, 0.2) is 18.2 Å². The second-order valence-corrected chi connectivity index (χ2v) is 6.92. The summed E-state index contributed by atoms with van der Waals surface area (Å²) in [5.74, 6) is 0.647. The normalized spacial score (nSPS) is 11.1. The molecule has 1 aromatic carbocycles. The quantitative estimate of drug-likeness (QED) is 0.656. The van der Waals surface area contributed by atoms with E-state index in [1.807, 2.05) is 6.07 Å². The van der Waals surface area contributed by atoms with Crippen LogP contribution < -0.4 is 5.32 Å². The van der Waals surface area contributed by atoms with Gasteiger partial charge in [-0.3, -0.25) is 14.5 Å². The van der Waals surface area contributed by atoms with E-state index in [2.05, 4.69) is 46.5 Å². The summed E-state index contributed by atoms with van der Waals surface area (Å²) in [6, 6.07) is 6.18. The number of hydrogen-bond acceptors (Lipinski definition) is 5. The average molecular weight is 361 g/mol. The number of fused-ring (bicyclic) bond motifs is 1. The molecular weight excluding hydrogens is 342 g/mol. The van der Waals surface area contributed by atoms with Crippen molar-refractivity contribution in [2.75, 3.05) is 5.32 Å². The average Bonchev–Trinajstić information content (AvgIpc) is 3.11. The number of hydrogen-bond donors (Lipinski definition) is 2. The van der Waals surface area contributed by atoms with Gasteiger partial charge in [0.25, 0.3) is 0 Å². The zero-order chi connectivity index (χ0) is 17.1. The van der Waals surface area contributed by atoms with Crippen molar-refractivity contribution in [3.8, 4) is 0 Å². The lowest BCUT2D eigenvalue weighted by Gasteiger charge is -2.05. The Morgan fingerprint density at radius 3 is 3.00 bits per heavy atom. The maximum Gasteiger partial charge on any atom is 0.246 e. The molecule has 2 heterocycles. The van der Waals surface area contributed by atoms with Gasteiger partial charge in [-0.2, -0.15) is 5.10 Å². The topological polar surface area (TPSA) is 75.6 Å². The summed E-state index contributed by atoms with van der Waals surface area (Å²) in [5.41, 5.74) is 2.16. The van der Waals surface area contributed by atoms with Gasteiger partial charge >= 0.3 is 0 Å². The molecule has 0 unspecified atom stereocenters. The fourth-order valence-corrected chi connectivity index (χ4v) is 3.63. The lowest BCUT2D eigenvalue weighted by Crippen LogP contribution is -2.20. The minimum Gasteiger partial charge on any atom is -0.300 e. The molecule has 0 saturated heterocycles. The maximum atomic E-state index is 12.3. The number of carbonyl (C=O) groups excluding carboxylic acids is 1. The number of thiazole rings is 1. The Morgan fingerprint density at radius 1 is 1.42 bits per heavy atom. The van der Waals surface area contributed by atoms with Gasteiger partial charge in [0.2, 0.25) is 5.91 Å². The fourth-order valence-electron chi connectivity index (χ4n) is 2.47. The van der Waals surface area contributed by atoms with Gasteiger partial charge in [-0.25, -0.2) is 4.98 Å². The first-order chi connectivity index (χ1) is 11.6. The SMILES string of the molecule is CCCc1n[nH]c(=S)n1CC(=O)Nc1nc2ccc(CC)cc2s1. The highest BCUT2D eigenvalue weighted by molar-refractivity contribution is 7.71. The zero-order valence-electron chi connectivity index (χ0n) is 13.6. The predicted octanol–water partition coefficient (Wildman–Crippen LogP) is 3.70. The van der Waals surface area contributed by atoms with E-state index in [1.165, 1.54) is 16.9 Å². The van der Waals surface area contributed by atoms with Crippen molar-refractivity contribution < 1.29 is 4.79 Å². The third-order valence-electron chi connectivity index (χ3n) is 3.72. The highest BCUT2D eigenvalue weighted by atomic mass is 32.1. The van der Waals surface area contributed by atoms with Gasteiger partial charge in [-0.15, -0.1) is 0 Å². The van der Waals surface area contributed by atoms with Gasteiger partial charge in [-0.1, -0.05) is 31.3 Å². The first-order valence-corrected chi connectivity index (χ1v) is 9.16. The number of amides is 1. The minimum absolute atomic E-state index is 0.140. The van der Waals surface area contributed by atoms with Crippen LogP contribution in [0.3, 0.4) is 0 Å². The molecule has 126 valence electrons. The first kappa shape index (κ1) is 16.8. The molecule has 0 saturated carbocycles. The van der Waals surface area contributed by atoms with E-state index in [-0.39, 0.29) is 12.5 Å². The van der Waals surface area contributed by atoms with Gasteiger partial charge < -0.3 is 5.32 Å². The number of carbonyl (C=O) groups is 1. The molecule has 8 heteroatoms. The lowest BCUT2D eigenvalue weighted by molar-refractivity contribution is -0.116. The van der Waals surface area contributed by atoms with Crippen molar-refractivity contribution in [3.63, 3.8) is 0 Å². The van der Waals surface area contributed by atoms with Crippen LogP contribution in [-0.2, 0) is 24.2 Å². The van der Waals surface area contributed by atoms with Crippen LogP contribution in [0, 0.1) is 4.77 Å². The number of H-pyrrole nitrogens is 1. The predicted molar refractivity (Wildman–Crippen MR) is 99.0 cm³/mol. The van der Waals surface area contributed by atoms with Gasteiger partial charge in [0.05, 0.1) is 10.2 Å². The van der Waals surface area contributed by atoms with E-state index in [4.69, 9.17) is 12.2 Å². The van der Waals surface area contributed by atoms with Crippen molar-refractivity contribution >= 4 is 44.8 Å². The van der Waals surface area contributed by atoms with Gasteiger partial charge in [-0.05, 0) is 42.8 Å². The third kappa shape index (κ3) is 3.54. The molecule has 0 fully saturated rings. The van der Waals surface area contributed by atoms with Crippen molar-refractivity contribution in [2.45, 2.75) is 39.7 Å². The molecule has 2 N–H and O–H groups in total. The van der Waals surface area contributed by atoms with Crippen molar-refractivity contribution in [3.05, 3.63) is 34.4 Å². The summed E-state index contributed by atoms with van der Waals surface area (Å²) in [4.78, 5) is 16.8.